The van der Waals surface area contributed by atoms with Crippen LogP contribution in [-0.4, -0.2) is 104 Å². The van der Waals surface area contributed by atoms with E-state index in [-0.39, 0.29) is 58.4 Å². The van der Waals surface area contributed by atoms with Crippen molar-refractivity contribution in [2.45, 2.75) is 9.79 Å². The van der Waals surface area contributed by atoms with Crippen LogP contribution in [0.25, 0.3) is 0 Å². The van der Waals surface area contributed by atoms with Gasteiger partial charge in [-0.3, -0.25) is 0 Å². The van der Waals surface area contributed by atoms with Gasteiger partial charge in [-0.1, -0.05) is 36.7 Å². The highest BCUT2D eigenvalue weighted by molar-refractivity contribution is 8.24. The molecule has 0 bridgehead atoms. The van der Waals surface area contributed by atoms with E-state index in [0.717, 1.165) is 12.2 Å². The SMILES string of the molecule is C=CC(=O)OCCOCCOCCOc1ccc(OCCOCCOCCOC(=O)C=C)c2c1SC(=C(C#N)C(=O)OC)S2. The van der Waals surface area contributed by atoms with Crippen molar-refractivity contribution in [1.82, 2.24) is 0 Å². The van der Waals surface area contributed by atoms with Gasteiger partial charge in [-0.15, -0.1) is 0 Å². The molecule has 15 heteroatoms. The Morgan fingerprint density at radius 2 is 1.09 bits per heavy atom. The van der Waals surface area contributed by atoms with E-state index in [1.54, 1.807) is 12.1 Å². The van der Waals surface area contributed by atoms with Crippen LogP contribution < -0.4 is 9.47 Å². The normalized spacial score (nSPS) is 11.6. The Hall–Kier alpha value is -3.52. The maximum atomic E-state index is 12.2. The molecule has 0 aliphatic carbocycles. The largest absolute Gasteiger partial charge is 0.490 e. The minimum atomic E-state index is -0.732. The van der Waals surface area contributed by atoms with Crippen molar-refractivity contribution >= 4 is 41.4 Å². The van der Waals surface area contributed by atoms with Gasteiger partial charge in [0.2, 0.25) is 0 Å². The number of hydrogen-bond acceptors (Lipinski definition) is 15. The number of fused-ring (bicyclic) bond motifs is 1. The number of benzene rings is 1. The molecule has 0 saturated heterocycles. The lowest BCUT2D eigenvalue weighted by molar-refractivity contribution is -0.140. The van der Waals surface area contributed by atoms with Gasteiger partial charge in [0.25, 0.3) is 0 Å². The maximum Gasteiger partial charge on any atom is 0.350 e. The summed E-state index contributed by atoms with van der Waals surface area (Å²) in [4.78, 5) is 35.5. The fourth-order valence-electron chi connectivity index (χ4n) is 3.12. The molecule has 44 heavy (non-hydrogen) atoms. The number of rotatable bonds is 23. The van der Waals surface area contributed by atoms with Gasteiger partial charge in [0.05, 0.1) is 74.0 Å². The lowest BCUT2D eigenvalue weighted by atomic mass is 10.3. The Bertz CT molecular complexity index is 1130. The molecule has 0 radical (unpaired) electrons. The van der Waals surface area contributed by atoms with E-state index in [1.807, 2.05) is 6.07 Å². The predicted octanol–water partition coefficient (Wildman–Crippen LogP) is 3.07. The van der Waals surface area contributed by atoms with Crippen molar-refractivity contribution in [1.29, 1.82) is 5.26 Å². The van der Waals surface area contributed by atoms with Gasteiger partial charge in [0.15, 0.2) is 5.57 Å². The molecule has 2 rings (SSSR count). The summed E-state index contributed by atoms with van der Waals surface area (Å²) in [6.07, 6.45) is 2.17. The summed E-state index contributed by atoms with van der Waals surface area (Å²) in [6, 6.07) is 5.41. The first-order chi connectivity index (χ1) is 21.4. The van der Waals surface area contributed by atoms with Crippen LogP contribution in [0.3, 0.4) is 0 Å². The van der Waals surface area contributed by atoms with E-state index in [1.165, 1.54) is 30.6 Å². The van der Waals surface area contributed by atoms with Crippen molar-refractivity contribution in [2.24, 2.45) is 0 Å². The minimum Gasteiger partial charge on any atom is -0.490 e. The highest BCUT2D eigenvalue weighted by Gasteiger charge is 2.30. The van der Waals surface area contributed by atoms with Crippen LogP contribution in [-0.2, 0) is 47.5 Å². The zero-order valence-corrected chi connectivity index (χ0v) is 26.0. The minimum absolute atomic E-state index is 0.110. The third-order valence-corrected chi connectivity index (χ3v) is 7.75. The monoisotopic (exact) mass is 653 g/mol. The molecule has 0 fully saturated rings. The number of hydrogen-bond donors (Lipinski definition) is 0. The Kier molecular flexibility index (Phi) is 18.4. The summed E-state index contributed by atoms with van der Waals surface area (Å²) in [5, 5.41) is 9.56. The molecule has 0 unspecified atom stereocenters. The van der Waals surface area contributed by atoms with Gasteiger partial charge in [0, 0.05) is 12.2 Å². The Labute approximate surface area is 264 Å². The molecule has 1 aromatic rings. The first-order valence-electron chi connectivity index (χ1n) is 13.3. The Morgan fingerprint density at radius 3 is 1.45 bits per heavy atom. The quantitative estimate of drug-likeness (QED) is 0.0557. The average Bonchev–Trinajstić information content (AvgIpc) is 3.48. The molecule has 0 aromatic heterocycles. The van der Waals surface area contributed by atoms with E-state index in [0.29, 0.717) is 52.0 Å². The highest BCUT2D eigenvalue weighted by atomic mass is 32.2. The van der Waals surface area contributed by atoms with Crippen molar-refractivity contribution in [3.8, 4) is 17.6 Å². The average molecular weight is 654 g/mol. The van der Waals surface area contributed by atoms with Crippen molar-refractivity contribution in [3.63, 3.8) is 0 Å². The second-order valence-corrected chi connectivity index (χ2v) is 10.4. The van der Waals surface area contributed by atoms with E-state index >= 15 is 0 Å². The van der Waals surface area contributed by atoms with Crippen LogP contribution in [0.4, 0.5) is 0 Å². The molecule has 1 aliphatic heterocycles. The van der Waals surface area contributed by atoms with Gasteiger partial charge in [-0.05, 0) is 12.1 Å². The third-order valence-electron chi connectivity index (χ3n) is 5.13. The van der Waals surface area contributed by atoms with Crippen LogP contribution in [0.1, 0.15) is 0 Å². The van der Waals surface area contributed by atoms with Crippen molar-refractivity contribution < 1.29 is 57.0 Å². The number of methoxy groups -OCH3 is 1. The van der Waals surface area contributed by atoms with Crippen LogP contribution in [0, 0.1) is 11.3 Å². The van der Waals surface area contributed by atoms with Crippen LogP contribution >= 0.6 is 23.5 Å². The molecule has 1 aromatic carbocycles. The molecule has 0 spiro atoms. The van der Waals surface area contributed by atoms with E-state index in [4.69, 9.17) is 42.6 Å². The number of ether oxygens (including phenoxy) is 9. The summed E-state index contributed by atoms with van der Waals surface area (Å²) in [5.41, 5.74) is -0.110. The number of carbonyl (C=O) groups excluding carboxylic acids is 3. The molecule has 1 heterocycles. The first kappa shape index (κ1) is 36.7. The number of nitrogens with zero attached hydrogens (tertiary/aromatic N) is 1. The number of carbonyl (C=O) groups is 3. The lowest BCUT2D eigenvalue weighted by Gasteiger charge is -2.14. The fraction of sp³-hybridized carbons (Fsp3) is 0.448. The zero-order chi connectivity index (χ0) is 32.0. The maximum absolute atomic E-state index is 12.2. The number of esters is 3. The van der Waals surface area contributed by atoms with Gasteiger partial charge in [-0.2, -0.15) is 5.26 Å². The number of nitriles is 1. The molecule has 0 amide bonds. The molecule has 13 nitrogen and oxygen atoms in total. The van der Waals surface area contributed by atoms with Gasteiger partial charge >= 0.3 is 17.9 Å². The van der Waals surface area contributed by atoms with E-state index < -0.39 is 17.9 Å². The summed E-state index contributed by atoms with van der Waals surface area (Å²) >= 11 is 2.45. The Balaban J connectivity index is 1.84. The Morgan fingerprint density at radius 1 is 0.705 bits per heavy atom. The van der Waals surface area contributed by atoms with Crippen LogP contribution in [0.5, 0.6) is 11.5 Å². The summed E-state index contributed by atoms with van der Waals surface area (Å²) in [6.45, 7) is 9.73. The van der Waals surface area contributed by atoms with Gasteiger partial charge in [-0.25, -0.2) is 14.4 Å². The van der Waals surface area contributed by atoms with Crippen LogP contribution in [0.15, 0.2) is 57.0 Å². The predicted molar refractivity (Wildman–Crippen MR) is 159 cm³/mol. The fourth-order valence-corrected chi connectivity index (χ4v) is 5.71. The molecule has 0 N–H and O–H groups in total. The topological polar surface area (TPSA) is 158 Å². The summed E-state index contributed by atoms with van der Waals surface area (Å²) < 4.78 is 48.4. The second kappa shape index (κ2) is 22.1. The molecule has 0 atom stereocenters. The lowest BCUT2D eigenvalue weighted by Crippen LogP contribution is -2.14. The molecular formula is C29H35NO12S2. The molecule has 240 valence electrons. The molecular weight excluding hydrogens is 618 g/mol. The molecule has 0 saturated carbocycles. The smallest absolute Gasteiger partial charge is 0.350 e. The number of thioether (sulfide) groups is 2. The van der Waals surface area contributed by atoms with Gasteiger partial charge in [0.1, 0.15) is 44.0 Å². The summed E-state index contributed by atoms with van der Waals surface area (Å²) in [5.74, 6) is -0.659. The van der Waals surface area contributed by atoms with Crippen molar-refractivity contribution in [2.75, 3.05) is 86.4 Å². The first-order valence-corrected chi connectivity index (χ1v) is 15.0. The third kappa shape index (κ3) is 13.4. The zero-order valence-electron chi connectivity index (χ0n) is 24.4. The molecule has 1 aliphatic rings. The summed E-state index contributed by atoms with van der Waals surface area (Å²) in [7, 11) is 1.21. The van der Waals surface area contributed by atoms with Gasteiger partial charge < -0.3 is 42.6 Å². The van der Waals surface area contributed by atoms with E-state index in [9.17, 15) is 19.6 Å². The van der Waals surface area contributed by atoms with Crippen molar-refractivity contribution in [3.05, 3.63) is 47.3 Å². The standard InChI is InChI=1S/C29H35NO12S2/c1-4-24(31)41-18-14-37-10-8-35-12-16-39-22-6-7-23(27-26(22)43-29(44-27)21(20-30)28(33)34-3)40-17-13-36-9-11-38-15-19-42-25(32)5-2/h4-7H,1-2,8-19H2,3H3. The second-order valence-electron chi connectivity index (χ2n) is 8.08. The highest BCUT2D eigenvalue weighted by Crippen LogP contribution is 2.58. The van der Waals surface area contributed by atoms with Crippen LogP contribution in [0.2, 0.25) is 0 Å². The van der Waals surface area contributed by atoms with E-state index in [2.05, 4.69) is 13.2 Å².